The van der Waals surface area contributed by atoms with E-state index in [-0.39, 0.29) is 12.1 Å². The molecule has 2 aromatic rings. The fraction of sp³-hybridized carbons (Fsp3) is 0.333. The minimum absolute atomic E-state index is 0.0649. The van der Waals surface area contributed by atoms with Crippen LogP contribution >= 0.6 is 11.3 Å². The monoisotopic (exact) mass is 337 g/mol. The summed E-state index contributed by atoms with van der Waals surface area (Å²) in [6.45, 7) is 2.44. The van der Waals surface area contributed by atoms with Crippen molar-refractivity contribution in [2.75, 3.05) is 6.26 Å². The first-order valence-electron chi connectivity index (χ1n) is 6.96. The second-order valence-corrected chi connectivity index (χ2v) is 7.06. The van der Waals surface area contributed by atoms with Gasteiger partial charge in [0.2, 0.25) is 0 Å². The van der Waals surface area contributed by atoms with E-state index < -0.39 is 10.8 Å². The number of urea groups is 1. The SMILES string of the molecule is CC[C@@H](NC(=O)NCc1ccc([S@@](C)=O)cc1)c1nccs1. The molecule has 0 fully saturated rings. The lowest BCUT2D eigenvalue weighted by molar-refractivity contribution is 0.236. The van der Waals surface area contributed by atoms with Gasteiger partial charge in [-0.3, -0.25) is 4.21 Å². The third-order valence-electron chi connectivity index (χ3n) is 3.17. The number of amides is 2. The van der Waals surface area contributed by atoms with Gasteiger partial charge < -0.3 is 10.6 Å². The van der Waals surface area contributed by atoms with Crippen molar-refractivity contribution in [1.82, 2.24) is 15.6 Å². The van der Waals surface area contributed by atoms with Gasteiger partial charge in [-0.25, -0.2) is 9.78 Å². The van der Waals surface area contributed by atoms with E-state index in [0.29, 0.717) is 6.54 Å². The highest BCUT2D eigenvalue weighted by Gasteiger charge is 2.14. The predicted molar refractivity (Wildman–Crippen MR) is 89.3 cm³/mol. The highest BCUT2D eigenvalue weighted by Crippen LogP contribution is 2.18. The van der Waals surface area contributed by atoms with Crippen LogP contribution in [0, 0.1) is 0 Å². The van der Waals surface area contributed by atoms with Crippen LogP contribution in [0.15, 0.2) is 40.7 Å². The molecular weight excluding hydrogens is 318 g/mol. The number of aromatic nitrogens is 1. The molecular formula is C15H19N3O2S2. The predicted octanol–water partition coefficient (Wildman–Crippen LogP) is 2.83. The number of thiazole rings is 1. The van der Waals surface area contributed by atoms with Crippen molar-refractivity contribution in [1.29, 1.82) is 0 Å². The second-order valence-electron chi connectivity index (χ2n) is 4.76. The lowest BCUT2D eigenvalue weighted by Crippen LogP contribution is -2.37. The largest absolute Gasteiger partial charge is 0.334 e. The summed E-state index contributed by atoms with van der Waals surface area (Å²) in [4.78, 5) is 17.0. The molecule has 1 aromatic carbocycles. The number of hydrogen-bond acceptors (Lipinski definition) is 4. The van der Waals surface area contributed by atoms with E-state index in [0.717, 1.165) is 21.9 Å². The molecule has 7 heteroatoms. The summed E-state index contributed by atoms with van der Waals surface area (Å²) < 4.78 is 11.3. The molecule has 22 heavy (non-hydrogen) atoms. The summed E-state index contributed by atoms with van der Waals surface area (Å²) in [5.41, 5.74) is 0.964. The first kappa shape index (κ1) is 16.6. The summed E-state index contributed by atoms with van der Waals surface area (Å²) in [7, 11) is -0.982. The Balaban J connectivity index is 1.85. The molecule has 0 unspecified atom stereocenters. The van der Waals surface area contributed by atoms with Gasteiger partial charge in [0.25, 0.3) is 0 Å². The molecule has 0 aliphatic heterocycles. The van der Waals surface area contributed by atoms with Crippen molar-refractivity contribution >= 4 is 28.2 Å². The smallest absolute Gasteiger partial charge is 0.315 e. The minimum atomic E-state index is -0.982. The maximum Gasteiger partial charge on any atom is 0.315 e. The van der Waals surface area contributed by atoms with Crippen molar-refractivity contribution in [3.63, 3.8) is 0 Å². The van der Waals surface area contributed by atoms with Crippen LogP contribution in [-0.2, 0) is 17.3 Å². The van der Waals surface area contributed by atoms with Crippen LogP contribution in [0.5, 0.6) is 0 Å². The van der Waals surface area contributed by atoms with Gasteiger partial charge in [0, 0.05) is 40.1 Å². The van der Waals surface area contributed by atoms with Crippen LogP contribution in [0.1, 0.15) is 30.0 Å². The molecule has 2 atom stereocenters. The zero-order valence-corrected chi connectivity index (χ0v) is 14.2. The zero-order chi connectivity index (χ0) is 15.9. The van der Waals surface area contributed by atoms with E-state index in [2.05, 4.69) is 15.6 Å². The summed E-state index contributed by atoms with van der Waals surface area (Å²) >= 11 is 1.53. The third-order valence-corrected chi connectivity index (χ3v) is 5.00. The topological polar surface area (TPSA) is 71.1 Å². The molecule has 118 valence electrons. The Kier molecular flexibility index (Phi) is 6.09. The van der Waals surface area contributed by atoms with E-state index in [1.165, 1.54) is 11.3 Å². The number of carbonyl (C=O) groups excluding carboxylic acids is 1. The molecule has 0 spiro atoms. The van der Waals surface area contributed by atoms with Gasteiger partial charge in [0.1, 0.15) is 5.01 Å². The Hall–Kier alpha value is -1.73. The molecule has 0 saturated heterocycles. The number of hydrogen-bond donors (Lipinski definition) is 2. The van der Waals surface area contributed by atoms with Crippen molar-refractivity contribution < 1.29 is 9.00 Å². The molecule has 2 rings (SSSR count). The highest BCUT2D eigenvalue weighted by molar-refractivity contribution is 7.84. The van der Waals surface area contributed by atoms with Crippen LogP contribution < -0.4 is 10.6 Å². The maximum absolute atomic E-state index is 12.0. The lowest BCUT2D eigenvalue weighted by atomic mass is 10.2. The second kappa shape index (κ2) is 8.05. The lowest BCUT2D eigenvalue weighted by Gasteiger charge is -2.15. The van der Waals surface area contributed by atoms with Gasteiger partial charge in [-0.2, -0.15) is 0 Å². The standard InChI is InChI=1S/C15H19N3O2S2/c1-3-13(14-16-8-9-21-14)18-15(19)17-10-11-4-6-12(7-5-11)22(2)20/h4-9,13H,3,10H2,1-2H3,(H2,17,18,19)/t13-,22-/m1/s1. The van der Waals surface area contributed by atoms with Gasteiger partial charge in [0.05, 0.1) is 6.04 Å². The molecule has 0 bridgehead atoms. The number of carbonyl (C=O) groups is 1. The van der Waals surface area contributed by atoms with E-state index in [4.69, 9.17) is 0 Å². The van der Waals surface area contributed by atoms with Crippen LogP contribution in [0.3, 0.4) is 0 Å². The van der Waals surface area contributed by atoms with Crippen molar-refractivity contribution in [3.05, 3.63) is 46.4 Å². The van der Waals surface area contributed by atoms with Gasteiger partial charge in [0.15, 0.2) is 0 Å². The Morgan fingerprint density at radius 2 is 2.09 bits per heavy atom. The van der Waals surface area contributed by atoms with E-state index in [9.17, 15) is 9.00 Å². The molecule has 5 nitrogen and oxygen atoms in total. The number of nitrogens with zero attached hydrogens (tertiary/aromatic N) is 1. The highest BCUT2D eigenvalue weighted by atomic mass is 32.2. The van der Waals surface area contributed by atoms with Crippen LogP contribution in [0.4, 0.5) is 4.79 Å². The summed E-state index contributed by atoms with van der Waals surface area (Å²) in [6.07, 6.45) is 4.17. The average molecular weight is 337 g/mol. The van der Waals surface area contributed by atoms with Gasteiger partial charge in [-0.05, 0) is 24.1 Å². The average Bonchev–Trinajstić information content (AvgIpc) is 3.05. The molecule has 2 amide bonds. The fourth-order valence-corrected chi connectivity index (χ4v) is 3.23. The molecule has 0 saturated carbocycles. The van der Waals surface area contributed by atoms with Crippen molar-refractivity contribution in [2.45, 2.75) is 30.8 Å². The minimum Gasteiger partial charge on any atom is -0.334 e. The molecule has 0 radical (unpaired) electrons. The summed E-state index contributed by atoms with van der Waals surface area (Å²) in [5.74, 6) is 0. The van der Waals surface area contributed by atoms with Gasteiger partial charge in [-0.15, -0.1) is 11.3 Å². The first-order chi connectivity index (χ1) is 10.6. The zero-order valence-electron chi connectivity index (χ0n) is 12.5. The van der Waals surface area contributed by atoms with Crippen molar-refractivity contribution in [2.24, 2.45) is 0 Å². The molecule has 0 aliphatic carbocycles. The maximum atomic E-state index is 12.0. The number of rotatable bonds is 6. The first-order valence-corrected chi connectivity index (χ1v) is 9.40. The van der Waals surface area contributed by atoms with Crippen molar-refractivity contribution in [3.8, 4) is 0 Å². The summed E-state index contributed by atoms with van der Waals surface area (Å²) in [6, 6.07) is 7.09. The Bertz CT molecular complexity index is 627. The van der Waals surface area contributed by atoms with Crippen LogP contribution in [0.2, 0.25) is 0 Å². The van der Waals surface area contributed by atoms with E-state index in [1.54, 1.807) is 12.5 Å². The molecule has 2 N–H and O–H groups in total. The van der Waals surface area contributed by atoms with Crippen LogP contribution in [0.25, 0.3) is 0 Å². The Labute approximate surface area is 136 Å². The molecule has 1 aromatic heterocycles. The third kappa shape index (κ3) is 4.64. The Morgan fingerprint density at radius 3 is 2.64 bits per heavy atom. The van der Waals surface area contributed by atoms with E-state index >= 15 is 0 Å². The van der Waals surface area contributed by atoms with E-state index in [1.807, 2.05) is 36.6 Å². The number of benzene rings is 1. The fourth-order valence-electron chi connectivity index (χ4n) is 1.94. The number of nitrogens with one attached hydrogen (secondary N) is 2. The summed E-state index contributed by atoms with van der Waals surface area (Å²) in [5, 5.41) is 8.55. The Morgan fingerprint density at radius 1 is 1.36 bits per heavy atom. The van der Waals surface area contributed by atoms with Gasteiger partial charge >= 0.3 is 6.03 Å². The van der Waals surface area contributed by atoms with Crippen LogP contribution in [-0.4, -0.2) is 21.5 Å². The molecule has 1 heterocycles. The van der Waals surface area contributed by atoms with Gasteiger partial charge in [-0.1, -0.05) is 19.1 Å². The normalized spacial score (nSPS) is 13.4. The quantitative estimate of drug-likeness (QED) is 0.851. The molecule has 0 aliphatic rings.